The first-order chi connectivity index (χ1) is 13.0. The number of amides is 1. The molecule has 7 nitrogen and oxygen atoms in total. The Kier molecular flexibility index (Phi) is 6.41. The summed E-state index contributed by atoms with van der Waals surface area (Å²) in [5.41, 5.74) is 1.03. The van der Waals surface area contributed by atoms with Gasteiger partial charge in [-0.1, -0.05) is 12.8 Å². The molecule has 8 heteroatoms. The maximum atomic E-state index is 12.4. The number of anilines is 2. The van der Waals surface area contributed by atoms with Crippen molar-refractivity contribution >= 4 is 27.3 Å². The number of likely N-dealkylation sites (tertiary alicyclic amines) is 1. The fourth-order valence-electron chi connectivity index (χ4n) is 3.05. The van der Waals surface area contributed by atoms with Crippen LogP contribution in [0.15, 0.2) is 53.7 Å². The normalized spacial score (nSPS) is 15.7. The van der Waals surface area contributed by atoms with Crippen LogP contribution in [0.1, 0.15) is 25.7 Å². The van der Waals surface area contributed by atoms with E-state index in [1.807, 2.05) is 0 Å². The van der Waals surface area contributed by atoms with Crippen molar-refractivity contribution in [1.29, 1.82) is 0 Å². The van der Waals surface area contributed by atoms with Crippen molar-refractivity contribution < 1.29 is 13.2 Å². The molecule has 1 aliphatic rings. The van der Waals surface area contributed by atoms with E-state index in [-0.39, 0.29) is 10.8 Å². The van der Waals surface area contributed by atoms with Crippen LogP contribution in [0.4, 0.5) is 11.4 Å². The molecule has 144 valence electrons. The second-order valence-corrected chi connectivity index (χ2v) is 8.29. The summed E-state index contributed by atoms with van der Waals surface area (Å²) in [5, 5.41) is 2.83. The molecule has 1 amide bonds. The van der Waals surface area contributed by atoms with Crippen LogP contribution in [0.2, 0.25) is 0 Å². The van der Waals surface area contributed by atoms with Crippen LogP contribution in [0.5, 0.6) is 0 Å². The molecule has 0 unspecified atom stereocenters. The SMILES string of the molecule is O=C(CN1CCCCCC1)Nc1ccc(S(=O)(=O)Nc2ccncc2)cc1. The van der Waals surface area contributed by atoms with Crippen molar-refractivity contribution in [3.63, 3.8) is 0 Å². The first kappa shape index (κ1) is 19.3. The lowest BCUT2D eigenvalue weighted by molar-refractivity contribution is -0.117. The molecule has 0 spiro atoms. The van der Waals surface area contributed by atoms with Gasteiger partial charge in [-0.15, -0.1) is 0 Å². The average Bonchev–Trinajstić information content (AvgIpc) is 2.91. The molecule has 0 bridgehead atoms. The minimum atomic E-state index is -3.68. The number of benzene rings is 1. The first-order valence-corrected chi connectivity index (χ1v) is 10.6. The van der Waals surface area contributed by atoms with E-state index < -0.39 is 10.0 Å². The highest BCUT2D eigenvalue weighted by Gasteiger charge is 2.15. The molecule has 1 aromatic heterocycles. The number of carbonyl (C=O) groups is 1. The third kappa shape index (κ3) is 5.77. The summed E-state index contributed by atoms with van der Waals surface area (Å²) in [6.45, 7) is 2.26. The Morgan fingerprint density at radius 2 is 1.56 bits per heavy atom. The average molecular weight is 388 g/mol. The number of carbonyl (C=O) groups excluding carboxylic acids is 1. The van der Waals surface area contributed by atoms with Crippen molar-refractivity contribution in [2.24, 2.45) is 0 Å². The maximum absolute atomic E-state index is 12.4. The Labute approximate surface area is 159 Å². The van der Waals surface area contributed by atoms with Crippen molar-refractivity contribution in [2.75, 3.05) is 29.7 Å². The lowest BCUT2D eigenvalue weighted by Gasteiger charge is -2.19. The van der Waals surface area contributed by atoms with Gasteiger partial charge in [0.1, 0.15) is 0 Å². The van der Waals surface area contributed by atoms with Gasteiger partial charge in [0.15, 0.2) is 0 Å². The highest BCUT2D eigenvalue weighted by atomic mass is 32.2. The molecule has 27 heavy (non-hydrogen) atoms. The monoisotopic (exact) mass is 388 g/mol. The van der Waals surface area contributed by atoms with Crippen molar-refractivity contribution in [3.8, 4) is 0 Å². The van der Waals surface area contributed by atoms with Gasteiger partial charge in [-0.3, -0.25) is 19.4 Å². The second-order valence-electron chi connectivity index (χ2n) is 6.60. The van der Waals surface area contributed by atoms with Gasteiger partial charge < -0.3 is 5.32 Å². The molecule has 1 fully saturated rings. The molecule has 3 rings (SSSR count). The summed E-state index contributed by atoms with van der Waals surface area (Å²) < 4.78 is 27.3. The number of hydrogen-bond acceptors (Lipinski definition) is 5. The van der Waals surface area contributed by atoms with Crippen LogP contribution >= 0.6 is 0 Å². The van der Waals surface area contributed by atoms with E-state index in [1.165, 1.54) is 37.4 Å². The predicted molar refractivity (Wildman–Crippen MR) is 105 cm³/mol. The number of nitrogens with zero attached hydrogens (tertiary/aromatic N) is 2. The van der Waals surface area contributed by atoms with Gasteiger partial charge in [-0.25, -0.2) is 8.42 Å². The van der Waals surface area contributed by atoms with Crippen LogP contribution in [-0.2, 0) is 14.8 Å². The van der Waals surface area contributed by atoms with Crippen LogP contribution < -0.4 is 10.0 Å². The summed E-state index contributed by atoms with van der Waals surface area (Å²) in [7, 11) is -3.68. The van der Waals surface area contributed by atoms with E-state index in [4.69, 9.17) is 0 Å². The minimum absolute atomic E-state index is 0.0811. The van der Waals surface area contributed by atoms with Crippen LogP contribution in [0, 0.1) is 0 Å². The van der Waals surface area contributed by atoms with Gasteiger partial charge in [0.05, 0.1) is 17.1 Å². The summed E-state index contributed by atoms with van der Waals surface area (Å²) in [5.74, 6) is -0.0811. The number of sulfonamides is 1. The second kappa shape index (κ2) is 8.96. The van der Waals surface area contributed by atoms with E-state index in [1.54, 1.807) is 24.3 Å². The topological polar surface area (TPSA) is 91.4 Å². The van der Waals surface area contributed by atoms with E-state index >= 15 is 0 Å². The Balaban J connectivity index is 1.58. The zero-order chi connectivity index (χ0) is 19.1. The highest BCUT2D eigenvalue weighted by molar-refractivity contribution is 7.92. The van der Waals surface area contributed by atoms with E-state index in [9.17, 15) is 13.2 Å². The Morgan fingerprint density at radius 1 is 0.926 bits per heavy atom. The van der Waals surface area contributed by atoms with Gasteiger partial charge >= 0.3 is 0 Å². The maximum Gasteiger partial charge on any atom is 0.261 e. The molecule has 0 aliphatic carbocycles. The molecule has 0 radical (unpaired) electrons. The minimum Gasteiger partial charge on any atom is -0.325 e. The summed E-state index contributed by atoms with van der Waals surface area (Å²) >= 11 is 0. The van der Waals surface area contributed by atoms with Gasteiger partial charge in [0.25, 0.3) is 10.0 Å². The van der Waals surface area contributed by atoms with Gasteiger partial charge in [-0.05, 0) is 62.3 Å². The quantitative estimate of drug-likeness (QED) is 0.794. The molecule has 2 aromatic rings. The van der Waals surface area contributed by atoms with E-state index in [0.717, 1.165) is 25.9 Å². The molecule has 0 saturated carbocycles. The molecule has 1 saturated heterocycles. The Bertz CT molecular complexity index is 846. The van der Waals surface area contributed by atoms with Crippen molar-refractivity contribution in [3.05, 3.63) is 48.8 Å². The van der Waals surface area contributed by atoms with Crippen LogP contribution in [0.3, 0.4) is 0 Å². The summed E-state index contributed by atoms with van der Waals surface area (Å²) in [6.07, 6.45) is 7.74. The van der Waals surface area contributed by atoms with Crippen molar-refractivity contribution in [2.45, 2.75) is 30.6 Å². The largest absolute Gasteiger partial charge is 0.325 e. The predicted octanol–water partition coefficient (Wildman–Crippen LogP) is 2.70. The third-order valence-electron chi connectivity index (χ3n) is 4.45. The van der Waals surface area contributed by atoms with Crippen molar-refractivity contribution in [1.82, 2.24) is 9.88 Å². The molecular weight excluding hydrogens is 364 g/mol. The fourth-order valence-corrected chi connectivity index (χ4v) is 4.11. The lowest BCUT2D eigenvalue weighted by atomic mass is 10.2. The smallest absolute Gasteiger partial charge is 0.261 e. The Morgan fingerprint density at radius 3 is 2.19 bits per heavy atom. The number of pyridine rings is 1. The fraction of sp³-hybridized carbons (Fsp3) is 0.368. The molecule has 2 heterocycles. The number of hydrogen-bond donors (Lipinski definition) is 2. The Hall–Kier alpha value is -2.45. The van der Waals surface area contributed by atoms with E-state index in [0.29, 0.717) is 17.9 Å². The van der Waals surface area contributed by atoms with Gasteiger partial charge in [-0.2, -0.15) is 0 Å². The first-order valence-electron chi connectivity index (χ1n) is 9.08. The standard InChI is InChI=1S/C19H24N4O3S/c24-19(15-23-13-3-1-2-4-14-23)21-16-5-7-18(8-6-16)27(25,26)22-17-9-11-20-12-10-17/h5-12H,1-4,13-15H2,(H,20,22)(H,21,24). The molecule has 1 aromatic carbocycles. The molecule has 0 atom stereocenters. The zero-order valence-electron chi connectivity index (χ0n) is 15.1. The third-order valence-corrected chi connectivity index (χ3v) is 5.84. The van der Waals surface area contributed by atoms with Crippen LogP contribution in [-0.4, -0.2) is 43.8 Å². The molecule has 2 N–H and O–H groups in total. The van der Waals surface area contributed by atoms with Gasteiger partial charge in [0.2, 0.25) is 5.91 Å². The summed E-state index contributed by atoms with van der Waals surface area (Å²) in [6, 6.07) is 9.31. The molecular formula is C19H24N4O3S. The van der Waals surface area contributed by atoms with Gasteiger partial charge in [0, 0.05) is 18.1 Å². The number of aromatic nitrogens is 1. The number of rotatable bonds is 6. The van der Waals surface area contributed by atoms with E-state index in [2.05, 4.69) is 19.9 Å². The molecule has 1 aliphatic heterocycles. The zero-order valence-corrected chi connectivity index (χ0v) is 15.9. The highest BCUT2D eigenvalue weighted by Crippen LogP contribution is 2.18. The van der Waals surface area contributed by atoms with Crippen LogP contribution in [0.25, 0.3) is 0 Å². The lowest BCUT2D eigenvalue weighted by Crippen LogP contribution is -2.33. The summed E-state index contributed by atoms with van der Waals surface area (Å²) in [4.78, 5) is 18.4. The number of nitrogens with one attached hydrogen (secondary N) is 2.